The van der Waals surface area contributed by atoms with Crippen LogP contribution in [0.4, 0.5) is 0 Å². The first kappa shape index (κ1) is 14.5. The highest BCUT2D eigenvalue weighted by Gasteiger charge is 2.34. The monoisotopic (exact) mass is 242 g/mol. The first-order valence-corrected chi connectivity index (χ1v) is 6.70. The quantitative estimate of drug-likeness (QED) is 0.693. The Hall–Kier alpha value is -0.610. The zero-order valence-corrected chi connectivity index (χ0v) is 11.1. The van der Waals surface area contributed by atoms with E-state index in [4.69, 9.17) is 10.5 Å². The third kappa shape index (κ3) is 4.64. The summed E-state index contributed by atoms with van der Waals surface area (Å²) in [4.78, 5) is 11.8. The summed E-state index contributed by atoms with van der Waals surface area (Å²) in [6.45, 7) is 5.86. The van der Waals surface area contributed by atoms with Gasteiger partial charge in [-0.2, -0.15) is 0 Å². The van der Waals surface area contributed by atoms with E-state index in [-0.39, 0.29) is 11.4 Å². The van der Waals surface area contributed by atoms with Gasteiger partial charge in [-0.25, -0.2) is 0 Å². The van der Waals surface area contributed by atoms with Crippen molar-refractivity contribution in [2.24, 2.45) is 11.7 Å². The molecule has 4 nitrogen and oxygen atoms in total. The lowest BCUT2D eigenvalue weighted by atomic mass is 9.76. The molecule has 2 unspecified atom stereocenters. The molecule has 0 heterocycles. The number of amides is 1. The van der Waals surface area contributed by atoms with Crippen LogP contribution in [0.3, 0.4) is 0 Å². The molecule has 0 aliphatic heterocycles. The SMILES string of the molecule is CCOCCC(=O)NC1(CN)CCCC(C)C1. The standard InChI is InChI=1S/C13H26N2O2/c1-3-17-8-6-12(16)15-13(10-14)7-4-5-11(2)9-13/h11H,3-10,14H2,1-2H3,(H,15,16). The van der Waals surface area contributed by atoms with E-state index >= 15 is 0 Å². The van der Waals surface area contributed by atoms with Gasteiger partial charge < -0.3 is 15.8 Å². The molecule has 0 radical (unpaired) electrons. The summed E-state index contributed by atoms with van der Waals surface area (Å²) in [6.07, 6.45) is 4.85. The summed E-state index contributed by atoms with van der Waals surface area (Å²) in [5.74, 6) is 0.720. The normalized spacial score (nSPS) is 29.0. The van der Waals surface area contributed by atoms with Gasteiger partial charge in [-0.1, -0.05) is 19.8 Å². The number of nitrogens with one attached hydrogen (secondary N) is 1. The molecule has 0 aromatic rings. The van der Waals surface area contributed by atoms with E-state index in [0.29, 0.717) is 32.1 Å². The molecule has 1 fully saturated rings. The minimum atomic E-state index is -0.166. The van der Waals surface area contributed by atoms with Crippen molar-refractivity contribution in [1.29, 1.82) is 0 Å². The number of carbonyl (C=O) groups excluding carboxylic acids is 1. The lowest BCUT2D eigenvalue weighted by Gasteiger charge is -2.40. The van der Waals surface area contributed by atoms with Crippen LogP contribution in [0.5, 0.6) is 0 Å². The zero-order valence-electron chi connectivity index (χ0n) is 11.1. The fourth-order valence-corrected chi connectivity index (χ4v) is 2.68. The smallest absolute Gasteiger partial charge is 0.222 e. The molecule has 0 saturated heterocycles. The molecule has 3 N–H and O–H groups in total. The van der Waals surface area contributed by atoms with Crippen molar-refractivity contribution in [3.8, 4) is 0 Å². The van der Waals surface area contributed by atoms with E-state index in [2.05, 4.69) is 12.2 Å². The van der Waals surface area contributed by atoms with Crippen molar-refractivity contribution in [2.75, 3.05) is 19.8 Å². The van der Waals surface area contributed by atoms with Gasteiger partial charge in [0.05, 0.1) is 12.1 Å². The highest BCUT2D eigenvalue weighted by Crippen LogP contribution is 2.31. The van der Waals surface area contributed by atoms with Gasteiger partial charge >= 0.3 is 0 Å². The molecule has 4 heteroatoms. The van der Waals surface area contributed by atoms with Gasteiger partial charge in [0.1, 0.15) is 0 Å². The van der Waals surface area contributed by atoms with Crippen LogP contribution >= 0.6 is 0 Å². The van der Waals surface area contributed by atoms with Gasteiger partial charge in [-0.3, -0.25) is 4.79 Å². The zero-order chi connectivity index (χ0) is 12.7. The van der Waals surface area contributed by atoms with Crippen LogP contribution in [0.15, 0.2) is 0 Å². The Morgan fingerprint density at radius 3 is 2.94 bits per heavy atom. The van der Waals surface area contributed by atoms with Crippen LogP contribution in [-0.4, -0.2) is 31.2 Å². The first-order chi connectivity index (χ1) is 8.12. The van der Waals surface area contributed by atoms with Crippen LogP contribution in [0.1, 0.15) is 46.0 Å². The topological polar surface area (TPSA) is 64.3 Å². The largest absolute Gasteiger partial charge is 0.381 e. The molecule has 0 aromatic carbocycles. The second-order valence-corrected chi connectivity index (χ2v) is 5.18. The van der Waals surface area contributed by atoms with E-state index in [9.17, 15) is 4.79 Å². The predicted molar refractivity (Wildman–Crippen MR) is 68.7 cm³/mol. The summed E-state index contributed by atoms with van der Waals surface area (Å²) in [5.41, 5.74) is 5.69. The fraction of sp³-hybridized carbons (Fsp3) is 0.923. The Kier molecular flexibility index (Phi) is 5.92. The van der Waals surface area contributed by atoms with Crippen LogP contribution < -0.4 is 11.1 Å². The predicted octanol–water partition coefficient (Wildman–Crippen LogP) is 1.44. The Morgan fingerprint density at radius 1 is 1.59 bits per heavy atom. The number of ether oxygens (including phenoxy) is 1. The minimum Gasteiger partial charge on any atom is -0.381 e. The highest BCUT2D eigenvalue weighted by atomic mass is 16.5. The van der Waals surface area contributed by atoms with E-state index in [0.717, 1.165) is 19.3 Å². The van der Waals surface area contributed by atoms with Crippen LogP contribution in [-0.2, 0) is 9.53 Å². The highest BCUT2D eigenvalue weighted by molar-refractivity contribution is 5.77. The molecule has 1 amide bonds. The van der Waals surface area contributed by atoms with Gasteiger partial charge in [0, 0.05) is 19.6 Å². The summed E-state index contributed by atoms with van der Waals surface area (Å²) in [7, 11) is 0. The summed E-state index contributed by atoms with van der Waals surface area (Å²) in [6, 6.07) is 0. The number of rotatable bonds is 6. The van der Waals surface area contributed by atoms with Gasteiger partial charge in [0.15, 0.2) is 0 Å². The molecule has 1 rings (SSSR count). The van der Waals surface area contributed by atoms with E-state index in [1.807, 2.05) is 6.92 Å². The molecule has 1 saturated carbocycles. The maximum atomic E-state index is 11.8. The first-order valence-electron chi connectivity index (χ1n) is 6.70. The summed E-state index contributed by atoms with van der Waals surface area (Å²) < 4.78 is 5.19. The fourth-order valence-electron chi connectivity index (χ4n) is 2.68. The van der Waals surface area contributed by atoms with E-state index < -0.39 is 0 Å². The summed E-state index contributed by atoms with van der Waals surface area (Å²) >= 11 is 0. The molecular formula is C13H26N2O2. The number of carbonyl (C=O) groups is 1. The number of hydrogen-bond acceptors (Lipinski definition) is 3. The van der Waals surface area contributed by atoms with Crippen molar-refractivity contribution >= 4 is 5.91 Å². The number of hydrogen-bond donors (Lipinski definition) is 2. The van der Waals surface area contributed by atoms with Crippen molar-refractivity contribution in [3.05, 3.63) is 0 Å². The van der Waals surface area contributed by atoms with Gasteiger partial charge in [0.25, 0.3) is 0 Å². The molecule has 0 aromatic heterocycles. The Labute approximate surface area is 104 Å². The van der Waals surface area contributed by atoms with Gasteiger partial charge in [-0.05, 0) is 25.7 Å². The lowest BCUT2D eigenvalue weighted by molar-refractivity contribution is -0.124. The lowest BCUT2D eigenvalue weighted by Crippen LogP contribution is -2.56. The number of nitrogens with two attached hydrogens (primary N) is 1. The second-order valence-electron chi connectivity index (χ2n) is 5.18. The van der Waals surface area contributed by atoms with Crippen LogP contribution in [0.25, 0.3) is 0 Å². The molecule has 17 heavy (non-hydrogen) atoms. The second kappa shape index (κ2) is 6.97. The molecule has 1 aliphatic carbocycles. The maximum Gasteiger partial charge on any atom is 0.222 e. The van der Waals surface area contributed by atoms with Crippen molar-refractivity contribution in [1.82, 2.24) is 5.32 Å². The van der Waals surface area contributed by atoms with Crippen LogP contribution in [0.2, 0.25) is 0 Å². The molecule has 1 aliphatic rings. The Balaban J connectivity index is 2.42. The Bertz CT molecular complexity index is 246. The van der Waals surface area contributed by atoms with Crippen LogP contribution in [0, 0.1) is 5.92 Å². The molecule has 0 bridgehead atoms. The van der Waals surface area contributed by atoms with Crippen molar-refractivity contribution < 1.29 is 9.53 Å². The average molecular weight is 242 g/mol. The molecular weight excluding hydrogens is 216 g/mol. The molecule has 0 spiro atoms. The maximum absolute atomic E-state index is 11.8. The molecule has 2 atom stereocenters. The van der Waals surface area contributed by atoms with E-state index in [1.54, 1.807) is 0 Å². The third-order valence-corrected chi connectivity index (χ3v) is 3.56. The third-order valence-electron chi connectivity index (χ3n) is 3.56. The van der Waals surface area contributed by atoms with Gasteiger partial charge in [0.2, 0.25) is 5.91 Å². The summed E-state index contributed by atoms with van der Waals surface area (Å²) in [5, 5.41) is 3.13. The Morgan fingerprint density at radius 2 is 2.35 bits per heavy atom. The molecule has 100 valence electrons. The van der Waals surface area contributed by atoms with Gasteiger partial charge in [-0.15, -0.1) is 0 Å². The van der Waals surface area contributed by atoms with E-state index in [1.165, 1.54) is 6.42 Å². The minimum absolute atomic E-state index is 0.0676. The average Bonchev–Trinajstić information content (AvgIpc) is 2.29. The van der Waals surface area contributed by atoms with Crippen molar-refractivity contribution in [2.45, 2.75) is 51.5 Å². The van der Waals surface area contributed by atoms with Crippen molar-refractivity contribution in [3.63, 3.8) is 0 Å².